The van der Waals surface area contributed by atoms with E-state index in [9.17, 15) is 0 Å². The van der Waals surface area contributed by atoms with Crippen molar-refractivity contribution in [2.75, 3.05) is 0 Å². The fourth-order valence-corrected chi connectivity index (χ4v) is 14.6. The number of benzene rings is 7. The SMILES string of the molecule is FC(c1[c-]c(-n2c3ncccc3c3ccc4c(c32)[Si](c2ccccc2)(c2ccccc2)c2ccccc2O4)ccc1)c1[c-]c2c(cc1)c1ccccc1n1ccnc21.[Pt+2]. The minimum absolute atomic E-state index is 0. The topological polar surface area (TPSA) is 44.4 Å². The van der Waals surface area contributed by atoms with E-state index >= 15 is 4.39 Å². The van der Waals surface area contributed by atoms with E-state index < -0.39 is 14.2 Å². The van der Waals surface area contributed by atoms with E-state index in [1.54, 1.807) is 12.3 Å². The van der Waals surface area contributed by atoms with Crippen molar-refractivity contribution in [3.05, 3.63) is 206 Å². The molecule has 0 spiro atoms. The van der Waals surface area contributed by atoms with Crippen LogP contribution in [0, 0.1) is 12.1 Å². The van der Waals surface area contributed by atoms with Crippen LogP contribution in [0.15, 0.2) is 182 Å². The van der Waals surface area contributed by atoms with Gasteiger partial charge in [-0.25, -0.2) is 9.37 Å². The minimum Gasteiger partial charge on any atom is -0.457 e. The van der Waals surface area contributed by atoms with Crippen molar-refractivity contribution >= 4 is 78.1 Å². The van der Waals surface area contributed by atoms with Crippen molar-refractivity contribution in [1.82, 2.24) is 18.9 Å². The van der Waals surface area contributed by atoms with Crippen molar-refractivity contribution in [3.63, 3.8) is 0 Å². The number of halogens is 1. The van der Waals surface area contributed by atoms with Crippen LogP contribution in [-0.4, -0.2) is 27.0 Å². The average Bonchev–Trinajstić information content (AvgIpc) is 3.93. The van der Waals surface area contributed by atoms with E-state index in [0.717, 1.165) is 65.9 Å². The summed E-state index contributed by atoms with van der Waals surface area (Å²) in [5.74, 6) is 1.66. The van der Waals surface area contributed by atoms with Gasteiger partial charge in [0.05, 0.1) is 11.2 Å². The summed E-state index contributed by atoms with van der Waals surface area (Å²) in [6.07, 6.45) is 4.04. The molecule has 11 aromatic rings. The first-order chi connectivity index (χ1) is 28.7. The van der Waals surface area contributed by atoms with Crippen molar-refractivity contribution in [2.24, 2.45) is 0 Å². The normalized spacial score (nSPS) is 13.6. The van der Waals surface area contributed by atoms with Crippen LogP contribution in [0.25, 0.3) is 54.9 Å². The molecule has 0 fully saturated rings. The predicted octanol–water partition coefficient (Wildman–Crippen LogP) is 9.27. The molecule has 1 unspecified atom stereocenters. The summed E-state index contributed by atoms with van der Waals surface area (Å²) in [7, 11) is -3.09. The Morgan fingerprint density at radius 1 is 0.559 bits per heavy atom. The van der Waals surface area contributed by atoms with Gasteiger partial charge in [-0.2, -0.15) is 18.2 Å². The molecule has 5 nitrogen and oxygen atoms in total. The van der Waals surface area contributed by atoms with Crippen molar-refractivity contribution in [1.29, 1.82) is 0 Å². The number of hydrogen-bond donors (Lipinski definition) is 0. The molecule has 0 saturated heterocycles. The number of hydrogen-bond acceptors (Lipinski definition) is 3. The third kappa shape index (κ3) is 5.11. The Morgan fingerprint density at radius 3 is 2.08 bits per heavy atom. The van der Waals surface area contributed by atoms with Gasteiger partial charge in [0.15, 0.2) is 8.07 Å². The third-order valence-electron chi connectivity index (χ3n) is 11.8. The number of rotatable bonds is 5. The Balaban J connectivity index is 0.00000397. The summed E-state index contributed by atoms with van der Waals surface area (Å²) < 4.78 is 28.3. The molecule has 8 heteroatoms. The maximum Gasteiger partial charge on any atom is 2.00 e. The fourth-order valence-electron chi connectivity index (χ4n) is 9.43. The Labute approximate surface area is 354 Å². The molecule has 0 amide bonds. The van der Waals surface area contributed by atoms with Crippen molar-refractivity contribution < 1.29 is 30.2 Å². The van der Waals surface area contributed by atoms with E-state index in [1.165, 1.54) is 15.6 Å². The number of pyridine rings is 2. The smallest absolute Gasteiger partial charge is 0.457 e. The fraction of sp³-hybridized carbons (Fsp3) is 0.0196. The van der Waals surface area contributed by atoms with E-state index in [2.05, 4.69) is 131 Å². The van der Waals surface area contributed by atoms with Gasteiger partial charge in [0.2, 0.25) is 0 Å². The number of fused-ring (bicyclic) bond motifs is 12. The monoisotopic (exact) mass is 957 g/mol. The molecule has 7 aromatic carbocycles. The molecule has 0 N–H and O–H groups in total. The van der Waals surface area contributed by atoms with Gasteiger partial charge in [0.1, 0.15) is 23.3 Å². The second-order valence-electron chi connectivity index (χ2n) is 14.8. The van der Waals surface area contributed by atoms with Gasteiger partial charge >= 0.3 is 21.1 Å². The quantitative estimate of drug-likeness (QED) is 0.0983. The molecule has 4 aromatic heterocycles. The van der Waals surface area contributed by atoms with E-state index in [4.69, 9.17) is 9.72 Å². The molecule has 12 rings (SSSR count). The molecule has 0 radical (unpaired) electrons. The Hall–Kier alpha value is -6.66. The number of aromatic nitrogens is 4. The Bertz CT molecular complexity index is 3380. The standard InChI is InChI=1S/C51H31FN4OSi.Pt/c52-47(34-24-25-38-39-19-7-8-21-43(39)55-30-29-54-50(55)42(38)32-34)33-13-11-14-35(31-33)56-48-40(41-20-12-28-53-51(41)56)26-27-45-49(48)58(36-15-3-1-4-16-36,37-17-5-2-6-18-37)46-23-10-9-22-44(46)57-45;/h1-30,47H;/q-2;+2. The Kier molecular flexibility index (Phi) is 8.26. The van der Waals surface area contributed by atoms with Crippen LogP contribution in [0.4, 0.5) is 4.39 Å². The van der Waals surface area contributed by atoms with Gasteiger partial charge in [-0.05, 0) is 57.3 Å². The molecule has 59 heavy (non-hydrogen) atoms. The molecular weight excluding hydrogens is 927 g/mol. The molecule has 0 aliphatic carbocycles. The number of imidazole rings is 1. The van der Waals surface area contributed by atoms with E-state index in [-0.39, 0.29) is 21.1 Å². The number of para-hydroxylation sites is 2. The van der Waals surface area contributed by atoms with Crippen LogP contribution < -0.4 is 25.5 Å². The Morgan fingerprint density at radius 2 is 1.25 bits per heavy atom. The zero-order valence-corrected chi connectivity index (χ0v) is 34.6. The number of alkyl halides is 1. The van der Waals surface area contributed by atoms with Crippen LogP contribution in [0.2, 0.25) is 0 Å². The van der Waals surface area contributed by atoms with E-state index in [1.807, 2.05) is 65.3 Å². The first-order valence-electron chi connectivity index (χ1n) is 19.4. The summed E-state index contributed by atoms with van der Waals surface area (Å²) in [5, 5.41) is 9.64. The zero-order chi connectivity index (χ0) is 38.4. The predicted molar refractivity (Wildman–Crippen MR) is 233 cm³/mol. The van der Waals surface area contributed by atoms with Gasteiger partial charge in [-0.15, -0.1) is 29.8 Å². The molecular formula is C51H31FN4OPtSi. The molecule has 0 bridgehead atoms. The summed E-state index contributed by atoms with van der Waals surface area (Å²) in [4.78, 5) is 9.67. The number of nitrogens with zero attached hydrogens (tertiary/aromatic N) is 4. The summed E-state index contributed by atoms with van der Waals surface area (Å²) >= 11 is 0. The van der Waals surface area contributed by atoms with Gasteiger partial charge in [0.25, 0.3) is 0 Å². The largest absolute Gasteiger partial charge is 2.00 e. The first kappa shape index (κ1) is 35.5. The summed E-state index contributed by atoms with van der Waals surface area (Å²) in [5.41, 5.74) is 5.05. The molecule has 1 atom stereocenters. The van der Waals surface area contributed by atoms with Crippen LogP contribution >= 0.6 is 0 Å². The maximum atomic E-state index is 17.2. The molecule has 1 aliphatic heterocycles. The second-order valence-corrected chi connectivity index (χ2v) is 18.5. The van der Waals surface area contributed by atoms with Gasteiger partial charge in [-0.3, -0.25) is 4.98 Å². The van der Waals surface area contributed by atoms with Crippen molar-refractivity contribution in [2.45, 2.75) is 6.17 Å². The van der Waals surface area contributed by atoms with Crippen molar-refractivity contribution in [3.8, 4) is 17.2 Å². The maximum absolute atomic E-state index is 17.2. The van der Waals surface area contributed by atoms with Gasteiger partial charge < -0.3 is 13.7 Å². The van der Waals surface area contributed by atoms with Gasteiger partial charge in [-0.1, -0.05) is 119 Å². The van der Waals surface area contributed by atoms with Crippen LogP contribution in [0.1, 0.15) is 17.3 Å². The third-order valence-corrected chi connectivity index (χ3v) is 16.7. The molecule has 5 heterocycles. The van der Waals surface area contributed by atoms with E-state index in [0.29, 0.717) is 16.8 Å². The first-order valence-corrected chi connectivity index (χ1v) is 21.4. The van der Waals surface area contributed by atoms with Crippen LogP contribution in [0.5, 0.6) is 11.5 Å². The summed E-state index contributed by atoms with van der Waals surface area (Å²) in [6.45, 7) is 0. The van der Waals surface area contributed by atoms with Gasteiger partial charge in [0, 0.05) is 40.1 Å². The summed E-state index contributed by atoms with van der Waals surface area (Å²) in [6, 6.07) is 63.3. The molecule has 0 saturated carbocycles. The minimum atomic E-state index is -3.09. The second kappa shape index (κ2) is 13.7. The molecule has 1 aliphatic rings. The van der Waals surface area contributed by atoms with Crippen LogP contribution in [-0.2, 0) is 21.1 Å². The zero-order valence-electron chi connectivity index (χ0n) is 31.3. The average molecular weight is 958 g/mol. The number of ether oxygens (including phenoxy) is 1. The molecule has 282 valence electrons. The van der Waals surface area contributed by atoms with Crippen LogP contribution in [0.3, 0.4) is 0 Å².